The van der Waals surface area contributed by atoms with Gasteiger partial charge in [0.15, 0.2) is 11.5 Å². The molecular formula is C16H19ClN2O5. The van der Waals surface area contributed by atoms with E-state index in [1.54, 1.807) is 31.2 Å². The highest BCUT2D eigenvalue weighted by Gasteiger charge is 2.28. The molecule has 0 aromatic heterocycles. The van der Waals surface area contributed by atoms with Gasteiger partial charge in [-0.3, -0.25) is 15.0 Å². The molecule has 1 N–H and O–H groups in total. The molecule has 8 heteroatoms. The molecule has 130 valence electrons. The molecule has 7 nitrogen and oxygen atoms in total. The van der Waals surface area contributed by atoms with Gasteiger partial charge in [0.05, 0.1) is 25.3 Å². The van der Waals surface area contributed by atoms with E-state index >= 15 is 0 Å². The first kappa shape index (κ1) is 19.6. The molecule has 24 heavy (non-hydrogen) atoms. The maximum atomic E-state index is 12.1. The quantitative estimate of drug-likeness (QED) is 0.333. The number of nitrogens with zero attached hydrogens (tertiary/aromatic N) is 1. The largest absolute Gasteiger partial charge is 0.469 e. The lowest BCUT2D eigenvalue weighted by atomic mass is 9.98. The van der Waals surface area contributed by atoms with E-state index in [0.717, 1.165) is 0 Å². The summed E-state index contributed by atoms with van der Waals surface area (Å²) in [4.78, 5) is 35.3. The number of ether oxygens (including phenoxy) is 2. The number of hydrogen-bond acceptors (Lipinski definition) is 7. The van der Waals surface area contributed by atoms with Gasteiger partial charge in [0.2, 0.25) is 0 Å². The lowest BCUT2D eigenvalue weighted by molar-refractivity contribution is -0.144. The fourth-order valence-corrected chi connectivity index (χ4v) is 1.82. The van der Waals surface area contributed by atoms with Crippen molar-refractivity contribution in [3.05, 3.63) is 29.3 Å². The number of anilines is 1. The van der Waals surface area contributed by atoms with Gasteiger partial charge in [-0.2, -0.15) is 5.10 Å². The van der Waals surface area contributed by atoms with Gasteiger partial charge in [-0.15, -0.1) is 0 Å². The molecular weight excluding hydrogens is 336 g/mol. The Hall–Kier alpha value is -2.41. The van der Waals surface area contributed by atoms with Gasteiger partial charge in [0.25, 0.3) is 0 Å². The van der Waals surface area contributed by atoms with E-state index in [1.165, 1.54) is 14.0 Å². The Morgan fingerprint density at radius 3 is 2.42 bits per heavy atom. The van der Waals surface area contributed by atoms with E-state index in [9.17, 15) is 14.4 Å². The first-order valence-corrected chi connectivity index (χ1v) is 7.62. The summed E-state index contributed by atoms with van der Waals surface area (Å²) >= 11 is 5.79. The van der Waals surface area contributed by atoms with Crippen molar-refractivity contribution in [2.24, 2.45) is 11.0 Å². The monoisotopic (exact) mass is 354 g/mol. The van der Waals surface area contributed by atoms with Gasteiger partial charge < -0.3 is 9.47 Å². The fourth-order valence-electron chi connectivity index (χ4n) is 1.69. The Morgan fingerprint density at radius 2 is 1.88 bits per heavy atom. The van der Waals surface area contributed by atoms with Crippen LogP contribution in [0.1, 0.15) is 20.3 Å². The Bertz CT molecular complexity index is 628. The van der Waals surface area contributed by atoms with E-state index in [-0.39, 0.29) is 12.3 Å². The summed E-state index contributed by atoms with van der Waals surface area (Å²) in [6.07, 6.45) is -0.447. The number of hydrogen-bond donors (Lipinski definition) is 1. The van der Waals surface area contributed by atoms with E-state index in [4.69, 9.17) is 16.3 Å². The second-order valence-electron chi connectivity index (χ2n) is 4.78. The zero-order valence-electron chi connectivity index (χ0n) is 13.7. The molecule has 1 aromatic carbocycles. The van der Waals surface area contributed by atoms with Gasteiger partial charge in [0.1, 0.15) is 6.42 Å². The molecule has 0 aliphatic rings. The molecule has 0 aliphatic heterocycles. The number of hydrazone groups is 1. The normalized spacial score (nSPS) is 12.2. The average molecular weight is 355 g/mol. The van der Waals surface area contributed by atoms with Crippen molar-refractivity contribution in [3.63, 3.8) is 0 Å². The number of esters is 2. The number of carbonyl (C=O) groups is 3. The Balaban J connectivity index is 2.95. The van der Waals surface area contributed by atoms with Crippen LogP contribution in [-0.4, -0.2) is 37.2 Å². The zero-order chi connectivity index (χ0) is 18.1. The fraction of sp³-hybridized carbons (Fsp3) is 0.375. The smallest absolute Gasteiger partial charge is 0.355 e. The number of rotatable bonds is 8. The van der Waals surface area contributed by atoms with Gasteiger partial charge in [-0.1, -0.05) is 11.6 Å². The van der Waals surface area contributed by atoms with E-state index in [2.05, 4.69) is 15.3 Å². The van der Waals surface area contributed by atoms with Crippen LogP contribution in [0.3, 0.4) is 0 Å². The van der Waals surface area contributed by atoms with Crippen molar-refractivity contribution in [1.82, 2.24) is 0 Å². The average Bonchev–Trinajstić information content (AvgIpc) is 2.56. The topological polar surface area (TPSA) is 94.1 Å². The molecule has 0 fully saturated rings. The minimum absolute atomic E-state index is 0.124. The maximum absolute atomic E-state index is 12.1. The number of carbonyl (C=O) groups excluding carboxylic acids is 3. The molecule has 1 atom stereocenters. The van der Waals surface area contributed by atoms with Crippen LogP contribution in [0, 0.1) is 5.92 Å². The molecule has 0 amide bonds. The van der Waals surface area contributed by atoms with Crippen LogP contribution in [0.2, 0.25) is 5.02 Å². The third kappa shape index (κ3) is 6.00. The predicted octanol–water partition coefficient (Wildman–Crippen LogP) is 2.44. The van der Waals surface area contributed by atoms with Gasteiger partial charge >= 0.3 is 11.9 Å². The molecule has 0 bridgehead atoms. The number of benzene rings is 1. The van der Waals surface area contributed by atoms with Crippen molar-refractivity contribution < 1.29 is 23.9 Å². The molecule has 1 unspecified atom stereocenters. The van der Waals surface area contributed by atoms with Crippen LogP contribution >= 0.6 is 11.6 Å². The summed E-state index contributed by atoms with van der Waals surface area (Å²) in [5, 5.41) is 4.52. The highest BCUT2D eigenvalue weighted by molar-refractivity contribution is 6.41. The SMILES string of the molecule is CCOC(=O)/C(=N/Nc1ccc(Cl)cc1)C(C)C(=O)CC(=O)OC. The van der Waals surface area contributed by atoms with E-state index in [0.29, 0.717) is 10.7 Å². The number of methoxy groups -OCH3 is 1. The van der Waals surface area contributed by atoms with Crippen LogP contribution in [0.5, 0.6) is 0 Å². The first-order chi connectivity index (χ1) is 11.4. The van der Waals surface area contributed by atoms with Crippen LogP contribution in [-0.2, 0) is 23.9 Å². The Labute approximate surface area is 145 Å². The molecule has 0 spiro atoms. The molecule has 0 heterocycles. The summed E-state index contributed by atoms with van der Waals surface area (Å²) in [5.74, 6) is -2.83. The predicted molar refractivity (Wildman–Crippen MR) is 89.9 cm³/mol. The molecule has 1 aromatic rings. The molecule has 1 rings (SSSR count). The second kappa shape index (κ2) is 9.67. The van der Waals surface area contributed by atoms with Crippen LogP contribution in [0.15, 0.2) is 29.4 Å². The lowest BCUT2D eigenvalue weighted by Crippen LogP contribution is -2.32. The van der Waals surface area contributed by atoms with Gasteiger partial charge in [-0.25, -0.2) is 4.79 Å². The number of halogens is 1. The molecule has 0 saturated carbocycles. The highest BCUT2D eigenvalue weighted by atomic mass is 35.5. The van der Waals surface area contributed by atoms with Crippen LogP contribution in [0.25, 0.3) is 0 Å². The standard InChI is InChI=1S/C16H19ClN2O5/c1-4-24-16(22)15(10(2)13(20)9-14(21)23-3)19-18-12-7-5-11(17)6-8-12/h5-8,10,18H,4,9H2,1-3H3/b19-15+. The molecule has 0 saturated heterocycles. The van der Waals surface area contributed by atoms with Crippen molar-refractivity contribution in [1.29, 1.82) is 0 Å². The first-order valence-electron chi connectivity index (χ1n) is 7.24. The van der Waals surface area contributed by atoms with Crippen molar-refractivity contribution in [3.8, 4) is 0 Å². The Morgan fingerprint density at radius 1 is 1.25 bits per heavy atom. The van der Waals surface area contributed by atoms with Crippen LogP contribution in [0.4, 0.5) is 5.69 Å². The zero-order valence-corrected chi connectivity index (χ0v) is 14.4. The van der Waals surface area contributed by atoms with Crippen molar-refractivity contribution in [2.75, 3.05) is 19.1 Å². The van der Waals surface area contributed by atoms with Gasteiger partial charge in [0, 0.05) is 5.02 Å². The van der Waals surface area contributed by atoms with Crippen LogP contribution < -0.4 is 5.43 Å². The number of nitrogens with one attached hydrogen (secondary N) is 1. The number of Topliss-reactive ketones (excluding diaryl/α,β-unsaturated/α-hetero) is 1. The summed E-state index contributed by atoms with van der Waals surface area (Å²) in [5.41, 5.74) is 3.13. The van der Waals surface area contributed by atoms with Crippen molar-refractivity contribution in [2.45, 2.75) is 20.3 Å². The Kier molecular flexibility index (Phi) is 7.91. The summed E-state index contributed by atoms with van der Waals surface area (Å²) in [6.45, 7) is 3.25. The van der Waals surface area contributed by atoms with Crippen molar-refractivity contribution >= 4 is 40.7 Å². The lowest BCUT2D eigenvalue weighted by Gasteiger charge is -2.13. The third-order valence-corrected chi connectivity index (χ3v) is 3.33. The van der Waals surface area contributed by atoms with Gasteiger partial charge in [-0.05, 0) is 38.1 Å². The minimum Gasteiger partial charge on any atom is -0.469 e. The molecule has 0 radical (unpaired) electrons. The maximum Gasteiger partial charge on any atom is 0.355 e. The number of ketones is 1. The molecule has 0 aliphatic carbocycles. The van der Waals surface area contributed by atoms with E-state index in [1.807, 2.05) is 0 Å². The second-order valence-corrected chi connectivity index (χ2v) is 5.21. The summed E-state index contributed by atoms with van der Waals surface area (Å²) in [7, 11) is 1.18. The third-order valence-electron chi connectivity index (χ3n) is 3.07. The minimum atomic E-state index is -0.928. The summed E-state index contributed by atoms with van der Waals surface area (Å²) in [6, 6.07) is 6.62. The van der Waals surface area contributed by atoms with E-state index < -0.39 is 30.1 Å². The highest BCUT2D eigenvalue weighted by Crippen LogP contribution is 2.14. The summed E-state index contributed by atoms with van der Waals surface area (Å²) < 4.78 is 9.37.